The van der Waals surface area contributed by atoms with Crippen LogP contribution in [0.25, 0.3) is 6.08 Å². The molecule has 6 rings (SSSR count). The van der Waals surface area contributed by atoms with Crippen LogP contribution in [-0.2, 0) is 4.79 Å². The summed E-state index contributed by atoms with van der Waals surface area (Å²) in [7, 11) is 0. The number of rotatable bonds is 2. The smallest absolute Gasteiger partial charge is 0.272 e. The summed E-state index contributed by atoms with van der Waals surface area (Å²) in [5.41, 5.74) is 6.44. The first kappa shape index (κ1) is 20.8. The first-order valence-corrected chi connectivity index (χ1v) is 11.5. The number of aliphatic imine (C=N–C) groups is 2. The third-order valence-corrected chi connectivity index (χ3v) is 6.06. The molecule has 0 saturated carbocycles. The predicted octanol–water partition coefficient (Wildman–Crippen LogP) is 6.46. The zero-order chi connectivity index (χ0) is 23.8. The molecule has 35 heavy (non-hydrogen) atoms. The van der Waals surface area contributed by atoms with E-state index in [4.69, 9.17) is 9.98 Å². The van der Waals surface area contributed by atoms with Gasteiger partial charge >= 0.3 is 0 Å². The highest BCUT2D eigenvalue weighted by Gasteiger charge is 2.34. The Kier molecular flexibility index (Phi) is 5.08. The minimum absolute atomic E-state index is 0.224. The third-order valence-electron chi connectivity index (χ3n) is 6.06. The molecule has 1 N–H and O–H groups in total. The Morgan fingerprint density at radius 3 is 2.09 bits per heavy atom. The molecule has 4 aromatic rings. The quantitative estimate of drug-likeness (QED) is 0.353. The van der Waals surface area contributed by atoms with E-state index in [0.29, 0.717) is 23.1 Å². The van der Waals surface area contributed by atoms with Gasteiger partial charge in [0.2, 0.25) is 0 Å². The molecule has 0 atom stereocenters. The van der Waals surface area contributed by atoms with E-state index in [1.165, 1.54) is 0 Å². The number of hydrogen-bond donors (Lipinski definition) is 1. The number of benzene rings is 4. The highest BCUT2D eigenvalue weighted by molar-refractivity contribution is 6.27. The summed E-state index contributed by atoms with van der Waals surface area (Å²) in [6, 6.07) is 33.6. The molecule has 2 aliphatic rings. The van der Waals surface area contributed by atoms with Crippen molar-refractivity contribution >= 4 is 40.7 Å². The van der Waals surface area contributed by atoms with E-state index in [0.717, 1.165) is 33.6 Å². The number of aryl methyl sites for hydroxylation is 1. The number of amides is 1. The summed E-state index contributed by atoms with van der Waals surface area (Å²) in [6.45, 7) is 2.04. The van der Waals surface area contributed by atoms with Crippen LogP contribution < -0.4 is 5.32 Å². The number of fused-ring (bicyclic) bond motifs is 4. The molecule has 168 valence electrons. The maximum absolute atomic E-state index is 13.7. The van der Waals surface area contributed by atoms with Crippen LogP contribution in [0.1, 0.15) is 22.3 Å². The van der Waals surface area contributed by atoms with Crippen molar-refractivity contribution < 1.29 is 4.79 Å². The van der Waals surface area contributed by atoms with Crippen LogP contribution in [0.4, 0.5) is 17.1 Å². The van der Waals surface area contributed by atoms with Gasteiger partial charge in [-0.05, 0) is 42.8 Å². The maximum atomic E-state index is 13.7. The summed E-state index contributed by atoms with van der Waals surface area (Å²) < 4.78 is 0. The van der Waals surface area contributed by atoms with Crippen LogP contribution in [0.3, 0.4) is 0 Å². The Balaban J connectivity index is 1.68. The molecule has 5 nitrogen and oxygen atoms in total. The lowest BCUT2D eigenvalue weighted by atomic mass is 10.1. The number of carbonyl (C=O) groups excluding carboxylic acids is 1. The number of amidine groups is 2. The van der Waals surface area contributed by atoms with E-state index in [1.807, 2.05) is 121 Å². The molecule has 0 radical (unpaired) electrons. The SMILES string of the molecule is Cc1ccc(/C=C2\C(=O)Nc3ccccc3C3=Nc4ccccc4N=C(c4ccccc4)N32)cc1. The Bertz CT molecular complexity index is 1530. The molecule has 0 spiro atoms. The summed E-state index contributed by atoms with van der Waals surface area (Å²) in [5, 5.41) is 3.09. The first-order valence-electron chi connectivity index (χ1n) is 11.5. The second-order valence-electron chi connectivity index (χ2n) is 8.50. The lowest BCUT2D eigenvalue weighted by Gasteiger charge is -2.26. The van der Waals surface area contributed by atoms with Gasteiger partial charge in [0.25, 0.3) is 5.91 Å². The van der Waals surface area contributed by atoms with Crippen LogP contribution in [-0.4, -0.2) is 22.5 Å². The topological polar surface area (TPSA) is 57.1 Å². The number of para-hydroxylation sites is 3. The predicted molar refractivity (Wildman–Crippen MR) is 141 cm³/mol. The highest BCUT2D eigenvalue weighted by Crippen LogP contribution is 2.37. The molecule has 1 amide bonds. The van der Waals surface area contributed by atoms with Crippen molar-refractivity contribution in [3.8, 4) is 0 Å². The second-order valence-corrected chi connectivity index (χ2v) is 8.50. The molecule has 0 aromatic heterocycles. The summed E-state index contributed by atoms with van der Waals surface area (Å²) >= 11 is 0. The summed E-state index contributed by atoms with van der Waals surface area (Å²) in [5.74, 6) is 1.06. The lowest BCUT2D eigenvalue weighted by Crippen LogP contribution is -2.38. The van der Waals surface area contributed by atoms with E-state index >= 15 is 0 Å². The van der Waals surface area contributed by atoms with Gasteiger partial charge in [0.05, 0.1) is 17.1 Å². The molecular weight excluding hydrogens is 432 g/mol. The van der Waals surface area contributed by atoms with Crippen molar-refractivity contribution in [3.05, 3.63) is 131 Å². The number of nitrogens with one attached hydrogen (secondary N) is 1. The zero-order valence-corrected chi connectivity index (χ0v) is 19.1. The molecule has 2 heterocycles. The normalized spacial score (nSPS) is 15.6. The Morgan fingerprint density at radius 1 is 0.714 bits per heavy atom. The average Bonchev–Trinajstić information content (AvgIpc) is 3.12. The van der Waals surface area contributed by atoms with E-state index in [2.05, 4.69) is 5.32 Å². The summed E-state index contributed by atoms with van der Waals surface area (Å²) in [4.78, 5) is 25.7. The Morgan fingerprint density at radius 2 is 1.34 bits per heavy atom. The first-order chi connectivity index (χ1) is 17.2. The lowest BCUT2D eigenvalue weighted by molar-refractivity contribution is -0.113. The standard InChI is InChI=1S/C30H22N4O/c1-20-15-17-21(18-16-20)19-27-30(35)33-24-12-6-5-11-23(24)29-32-26-14-8-7-13-25(26)31-28(34(27)29)22-9-3-2-4-10-22/h2-19H,1H3,(H,33,35)/b27-19+. The molecule has 0 bridgehead atoms. The summed E-state index contributed by atoms with van der Waals surface area (Å²) in [6.07, 6.45) is 1.89. The maximum Gasteiger partial charge on any atom is 0.272 e. The van der Waals surface area contributed by atoms with Crippen molar-refractivity contribution in [2.45, 2.75) is 6.92 Å². The molecule has 5 heteroatoms. The van der Waals surface area contributed by atoms with Gasteiger partial charge in [0.15, 0.2) is 0 Å². The van der Waals surface area contributed by atoms with E-state index < -0.39 is 0 Å². The van der Waals surface area contributed by atoms with Crippen molar-refractivity contribution in [2.75, 3.05) is 5.32 Å². The van der Waals surface area contributed by atoms with Gasteiger partial charge in [-0.15, -0.1) is 0 Å². The number of carbonyl (C=O) groups is 1. The third kappa shape index (κ3) is 3.83. The van der Waals surface area contributed by atoms with Gasteiger partial charge < -0.3 is 5.32 Å². The highest BCUT2D eigenvalue weighted by atomic mass is 16.2. The molecule has 2 aliphatic heterocycles. The molecule has 0 unspecified atom stereocenters. The molecule has 4 aromatic carbocycles. The van der Waals surface area contributed by atoms with E-state index in [1.54, 1.807) is 0 Å². The van der Waals surface area contributed by atoms with Crippen molar-refractivity contribution in [3.63, 3.8) is 0 Å². The monoisotopic (exact) mass is 454 g/mol. The minimum Gasteiger partial charge on any atom is -0.320 e. The fourth-order valence-electron chi connectivity index (χ4n) is 4.30. The minimum atomic E-state index is -0.224. The van der Waals surface area contributed by atoms with E-state index in [9.17, 15) is 4.79 Å². The van der Waals surface area contributed by atoms with Crippen LogP contribution in [0.5, 0.6) is 0 Å². The van der Waals surface area contributed by atoms with Gasteiger partial charge in [0.1, 0.15) is 17.4 Å². The van der Waals surface area contributed by atoms with Crippen LogP contribution in [0.2, 0.25) is 0 Å². The zero-order valence-electron chi connectivity index (χ0n) is 19.1. The van der Waals surface area contributed by atoms with Crippen molar-refractivity contribution in [1.82, 2.24) is 4.90 Å². The molecular formula is C30H22N4O. The van der Waals surface area contributed by atoms with Gasteiger partial charge in [-0.1, -0.05) is 84.4 Å². The fraction of sp³-hybridized carbons (Fsp3) is 0.0333. The van der Waals surface area contributed by atoms with E-state index in [-0.39, 0.29) is 5.91 Å². The van der Waals surface area contributed by atoms with Crippen LogP contribution in [0, 0.1) is 6.92 Å². The van der Waals surface area contributed by atoms with Crippen LogP contribution >= 0.6 is 0 Å². The fourth-order valence-corrected chi connectivity index (χ4v) is 4.30. The number of hydrogen-bond acceptors (Lipinski definition) is 4. The molecule has 0 saturated heterocycles. The average molecular weight is 455 g/mol. The molecule has 0 aliphatic carbocycles. The Labute approximate surface area is 203 Å². The Hall–Kier alpha value is -4.77. The van der Waals surface area contributed by atoms with Crippen molar-refractivity contribution in [1.29, 1.82) is 0 Å². The van der Waals surface area contributed by atoms with Gasteiger partial charge in [0, 0.05) is 11.1 Å². The second kappa shape index (κ2) is 8.54. The number of nitrogens with zero attached hydrogens (tertiary/aromatic N) is 3. The molecule has 0 fully saturated rings. The number of anilines is 1. The van der Waals surface area contributed by atoms with Crippen molar-refractivity contribution in [2.24, 2.45) is 9.98 Å². The largest absolute Gasteiger partial charge is 0.320 e. The van der Waals surface area contributed by atoms with Gasteiger partial charge in [-0.2, -0.15) is 0 Å². The van der Waals surface area contributed by atoms with Crippen LogP contribution in [0.15, 0.2) is 119 Å². The van der Waals surface area contributed by atoms with Gasteiger partial charge in [-0.25, -0.2) is 9.98 Å². The van der Waals surface area contributed by atoms with Gasteiger partial charge in [-0.3, -0.25) is 9.69 Å².